The molecule has 15 heteroatoms. The highest BCUT2D eigenvalue weighted by Gasteiger charge is 2.49. The average Bonchev–Trinajstić information content (AvgIpc) is 3.58. The van der Waals surface area contributed by atoms with Gasteiger partial charge in [0.2, 0.25) is 21.8 Å². The van der Waals surface area contributed by atoms with Gasteiger partial charge in [-0.25, -0.2) is 13.1 Å². The molecule has 4 rings (SSSR count). The molecule has 2 aliphatic rings. The van der Waals surface area contributed by atoms with Crippen LogP contribution in [0.1, 0.15) is 52.9 Å². The molecule has 0 unspecified atom stereocenters. The first-order chi connectivity index (χ1) is 19.3. The van der Waals surface area contributed by atoms with Crippen LogP contribution < -0.4 is 10.0 Å². The van der Waals surface area contributed by atoms with E-state index in [1.165, 1.54) is 16.2 Å². The predicted octanol–water partition coefficient (Wildman–Crippen LogP) is 3.97. The van der Waals surface area contributed by atoms with Crippen molar-refractivity contribution in [1.82, 2.24) is 19.8 Å². The Morgan fingerprint density at radius 2 is 1.69 bits per heavy atom. The second kappa shape index (κ2) is 11.4. The number of piperazine rings is 1. The van der Waals surface area contributed by atoms with Gasteiger partial charge >= 0.3 is 6.18 Å². The monoisotopic (exact) mass is 648 g/mol. The number of likely N-dealkylation sites (tertiary alicyclic amines) is 2. The third-order valence-electron chi connectivity index (χ3n) is 7.58. The Balaban J connectivity index is 1.40. The average molecular weight is 649 g/mol. The van der Waals surface area contributed by atoms with Gasteiger partial charge in [-0.2, -0.15) is 13.2 Å². The van der Waals surface area contributed by atoms with E-state index in [2.05, 4.69) is 5.32 Å². The minimum absolute atomic E-state index is 0.162. The number of fused-ring (bicyclic) bond motifs is 2. The number of hydrogen-bond donors (Lipinski definition) is 2. The number of aryl methyl sites for hydroxylation is 2. The van der Waals surface area contributed by atoms with Crippen molar-refractivity contribution in [3.05, 3.63) is 50.2 Å². The van der Waals surface area contributed by atoms with E-state index in [-0.39, 0.29) is 37.0 Å². The summed E-state index contributed by atoms with van der Waals surface area (Å²) in [5.74, 6) is -1.18. The fourth-order valence-corrected chi connectivity index (χ4v) is 7.60. The molecule has 2 aromatic rings. The first-order valence-electron chi connectivity index (χ1n) is 13.1. The summed E-state index contributed by atoms with van der Waals surface area (Å²) in [6, 6.07) is 2.20. The van der Waals surface area contributed by atoms with Crippen molar-refractivity contribution in [2.24, 2.45) is 5.41 Å². The summed E-state index contributed by atoms with van der Waals surface area (Å²) in [5.41, 5.74) is -0.801. The minimum atomic E-state index is -4.78. The second-order valence-corrected chi connectivity index (χ2v) is 15.1. The fourth-order valence-electron chi connectivity index (χ4n) is 5.17. The third-order valence-corrected chi connectivity index (χ3v) is 10.6. The predicted molar refractivity (Wildman–Crippen MR) is 152 cm³/mol. The summed E-state index contributed by atoms with van der Waals surface area (Å²) in [4.78, 5) is 43.5. The summed E-state index contributed by atoms with van der Waals surface area (Å²) in [7, 11) is -4.53. The topological polar surface area (TPSA) is 116 Å². The van der Waals surface area contributed by atoms with Crippen LogP contribution in [0.15, 0.2) is 29.2 Å². The van der Waals surface area contributed by atoms with Gasteiger partial charge in [0.15, 0.2) is 0 Å². The number of alkyl halides is 3. The van der Waals surface area contributed by atoms with E-state index in [1.54, 1.807) is 11.0 Å². The second-order valence-electron chi connectivity index (χ2n) is 11.7. The lowest BCUT2D eigenvalue weighted by Crippen LogP contribution is -2.59. The van der Waals surface area contributed by atoms with Gasteiger partial charge in [0, 0.05) is 18.0 Å². The van der Waals surface area contributed by atoms with Gasteiger partial charge in [0.05, 0.1) is 34.1 Å². The Hall–Kier alpha value is -2.68. The van der Waals surface area contributed by atoms with Crippen LogP contribution in [-0.2, 0) is 25.8 Å². The highest BCUT2D eigenvalue weighted by atomic mass is 35.5. The molecule has 230 valence electrons. The molecule has 3 atom stereocenters. The van der Waals surface area contributed by atoms with Crippen LogP contribution in [-0.4, -0.2) is 73.7 Å². The lowest BCUT2D eigenvalue weighted by Gasteiger charge is -2.39. The highest BCUT2D eigenvalue weighted by Crippen LogP contribution is 2.35. The molecule has 2 saturated heterocycles. The normalized spacial score (nSPS) is 19.7. The smallest absolute Gasteiger partial charge is 0.339 e. The van der Waals surface area contributed by atoms with Crippen molar-refractivity contribution >= 4 is 50.7 Å². The Kier molecular flexibility index (Phi) is 8.78. The molecule has 2 bridgehead atoms. The van der Waals surface area contributed by atoms with Crippen LogP contribution in [0.5, 0.6) is 0 Å². The summed E-state index contributed by atoms with van der Waals surface area (Å²) in [5, 5.41) is 2.48. The van der Waals surface area contributed by atoms with Gasteiger partial charge in [-0.05, 0) is 55.5 Å². The fraction of sp³-hybridized carbons (Fsp3) is 0.519. The van der Waals surface area contributed by atoms with E-state index in [9.17, 15) is 36.0 Å². The van der Waals surface area contributed by atoms with Crippen molar-refractivity contribution in [2.75, 3.05) is 19.6 Å². The number of carbonyl (C=O) groups excluding carboxylic acids is 3. The Labute approximate surface area is 251 Å². The van der Waals surface area contributed by atoms with E-state index in [0.717, 1.165) is 16.5 Å². The van der Waals surface area contributed by atoms with Gasteiger partial charge < -0.3 is 15.1 Å². The van der Waals surface area contributed by atoms with Gasteiger partial charge in [0.1, 0.15) is 10.9 Å². The molecule has 9 nitrogen and oxygen atoms in total. The maximum atomic E-state index is 13.7. The van der Waals surface area contributed by atoms with Gasteiger partial charge in [0.25, 0.3) is 5.91 Å². The number of nitrogens with one attached hydrogen (secondary N) is 2. The van der Waals surface area contributed by atoms with E-state index >= 15 is 0 Å². The van der Waals surface area contributed by atoms with E-state index in [1.807, 2.05) is 39.3 Å². The Morgan fingerprint density at radius 1 is 1.07 bits per heavy atom. The number of hydrogen-bond acceptors (Lipinski definition) is 6. The van der Waals surface area contributed by atoms with E-state index < -0.39 is 55.6 Å². The van der Waals surface area contributed by atoms with E-state index in [0.29, 0.717) is 23.4 Å². The molecule has 3 heterocycles. The molecule has 42 heavy (non-hydrogen) atoms. The molecule has 1 aromatic heterocycles. The van der Waals surface area contributed by atoms with Gasteiger partial charge in [-0.15, -0.1) is 11.3 Å². The maximum absolute atomic E-state index is 13.7. The molecule has 2 N–H and O–H groups in total. The molecular formula is C27H32ClF3N4O5S2. The number of carbonyl (C=O) groups is 3. The largest absolute Gasteiger partial charge is 0.416 e. The zero-order chi connectivity index (χ0) is 31.4. The van der Waals surface area contributed by atoms with Crippen LogP contribution >= 0.6 is 22.9 Å². The van der Waals surface area contributed by atoms with Crippen LogP contribution in [0.3, 0.4) is 0 Å². The van der Waals surface area contributed by atoms with Crippen molar-refractivity contribution in [1.29, 1.82) is 0 Å². The minimum Gasteiger partial charge on any atom is -0.339 e. The third kappa shape index (κ3) is 6.61. The molecule has 2 fully saturated rings. The molecule has 0 radical (unpaired) electrons. The van der Waals surface area contributed by atoms with Gasteiger partial charge in [-0.3, -0.25) is 14.4 Å². The van der Waals surface area contributed by atoms with Gasteiger partial charge in [-0.1, -0.05) is 32.4 Å². The molecule has 0 saturated carbocycles. The van der Waals surface area contributed by atoms with Crippen LogP contribution in [0.2, 0.25) is 5.02 Å². The summed E-state index contributed by atoms with van der Waals surface area (Å²) in [6.45, 7) is 9.08. The lowest BCUT2D eigenvalue weighted by molar-refractivity contribution is -0.142. The zero-order valence-electron chi connectivity index (χ0n) is 23.6. The van der Waals surface area contributed by atoms with E-state index in [4.69, 9.17) is 11.6 Å². The van der Waals surface area contributed by atoms with Crippen LogP contribution in [0, 0.1) is 19.3 Å². The SMILES string of the molecule is Cc1cc(C(=O)N[C@H](C(=O)N2C[C@@H]3C[C@H]2CN3C(=O)CNS(=O)(=O)c2cc(C(F)(F)F)ccc2Cl)C(C)(C)C)sc1C. The number of rotatable bonds is 7. The number of benzene rings is 1. The Bertz CT molecular complexity index is 1500. The number of sulfonamides is 1. The number of halogens is 4. The molecule has 3 amide bonds. The first-order valence-corrected chi connectivity index (χ1v) is 15.8. The highest BCUT2D eigenvalue weighted by molar-refractivity contribution is 7.89. The molecule has 0 aliphatic carbocycles. The Morgan fingerprint density at radius 3 is 2.21 bits per heavy atom. The molecule has 1 aromatic carbocycles. The number of amides is 3. The zero-order valence-corrected chi connectivity index (χ0v) is 26.0. The van der Waals surface area contributed by atoms with Crippen LogP contribution in [0.4, 0.5) is 13.2 Å². The van der Waals surface area contributed by atoms with Crippen molar-refractivity contribution in [3.8, 4) is 0 Å². The number of nitrogens with zero attached hydrogens (tertiary/aromatic N) is 2. The maximum Gasteiger partial charge on any atom is 0.416 e. The summed E-state index contributed by atoms with van der Waals surface area (Å²) >= 11 is 7.21. The summed E-state index contributed by atoms with van der Waals surface area (Å²) < 4.78 is 66.7. The lowest BCUT2D eigenvalue weighted by atomic mass is 9.85. The van der Waals surface area contributed by atoms with Crippen molar-refractivity contribution in [3.63, 3.8) is 0 Å². The number of thiophene rings is 1. The molecule has 2 aliphatic heterocycles. The first kappa shape index (κ1) is 32.2. The molecule has 0 spiro atoms. The summed E-state index contributed by atoms with van der Waals surface area (Å²) in [6.07, 6.45) is -4.29. The van der Waals surface area contributed by atoms with Crippen molar-refractivity contribution < 1.29 is 36.0 Å². The molecular weight excluding hydrogens is 617 g/mol. The standard InChI is InChI=1S/C27H32ClF3N4O5S2/c1-14-8-20(41-15(14)2)24(37)33-23(26(3,4)5)25(38)35-13-17-10-18(35)12-34(17)22(36)11-32-42(39,40)21-9-16(27(29,30)31)6-7-19(21)28/h6-9,17-18,23,32H,10-13H2,1-5H3,(H,33,37)/t17-,18-,23+/m0/s1. The quantitative estimate of drug-likeness (QED) is 0.472. The van der Waals surface area contributed by atoms with Crippen molar-refractivity contribution in [2.45, 2.75) is 70.2 Å². The van der Waals surface area contributed by atoms with Crippen LogP contribution in [0.25, 0.3) is 0 Å².